The lowest BCUT2D eigenvalue weighted by Gasteiger charge is -2.41. The first-order valence-corrected chi connectivity index (χ1v) is 9.55. The molecule has 1 heterocycles. The van der Waals surface area contributed by atoms with Gasteiger partial charge in [-0.15, -0.1) is 0 Å². The third-order valence-corrected chi connectivity index (χ3v) is 8.31. The Labute approximate surface area is 122 Å². The van der Waals surface area contributed by atoms with Crippen molar-refractivity contribution in [3.05, 3.63) is 0 Å². The Morgan fingerprint density at radius 1 is 1.11 bits per heavy atom. The summed E-state index contributed by atoms with van der Waals surface area (Å²) in [6.07, 6.45) is 5.78. The van der Waals surface area contributed by atoms with Crippen LogP contribution in [0, 0.1) is 11.8 Å². The molecule has 18 heavy (non-hydrogen) atoms. The van der Waals surface area contributed by atoms with Crippen LogP contribution in [0.2, 0.25) is 0 Å². The van der Waals surface area contributed by atoms with Gasteiger partial charge in [0.2, 0.25) is 0 Å². The first kappa shape index (κ1) is 15.1. The average molecular weight is 288 g/mol. The first-order valence-electron chi connectivity index (χ1n) is 7.56. The van der Waals surface area contributed by atoms with Gasteiger partial charge in [-0.25, -0.2) is 0 Å². The summed E-state index contributed by atoms with van der Waals surface area (Å²) < 4.78 is 0. The van der Waals surface area contributed by atoms with Crippen molar-refractivity contribution in [3.63, 3.8) is 0 Å². The van der Waals surface area contributed by atoms with Gasteiger partial charge in [0.25, 0.3) is 0 Å². The van der Waals surface area contributed by atoms with Gasteiger partial charge in [-0.1, -0.05) is 33.6 Å². The van der Waals surface area contributed by atoms with Gasteiger partial charge in [-0.05, 0) is 31.7 Å². The molecule has 0 aromatic carbocycles. The number of hydrogen-bond donors (Lipinski definition) is 1. The van der Waals surface area contributed by atoms with E-state index in [9.17, 15) is 0 Å². The van der Waals surface area contributed by atoms with Crippen molar-refractivity contribution in [2.24, 2.45) is 11.8 Å². The van der Waals surface area contributed by atoms with Crippen molar-refractivity contribution in [1.82, 2.24) is 5.32 Å². The van der Waals surface area contributed by atoms with Crippen molar-refractivity contribution in [2.45, 2.75) is 68.2 Å². The third kappa shape index (κ3) is 3.61. The fraction of sp³-hybridized carbons (Fsp3) is 1.00. The van der Waals surface area contributed by atoms with E-state index in [1.165, 1.54) is 31.4 Å². The monoisotopic (exact) mass is 287 g/mol. The summed E-state index contributed by atoms with van der Waals surface area (Å²) in [4.78, 5) is 0. The summed E-state index contributed by atoms with van der Waals surface area (Å²) >= 11 is 4.42. The van der Waals surface area contributed by atoms with Crippen LogP contribution in [-0.4, -0.2) is 34.6 Å². The van der Waals surface area contributed by atoms with E-state index in [2.05, 4.69) is 56.7 Å². The maximum absolute atomic E-state index is 3.66. The summed E-state index contributed by atoms with van der Waals surface area (Å²) in [5.74, 6) is 3.20. The van der Waals surface area contributed by atoms with E-state index in [-0.39, 0.29) is 0 Å². The Bertz CT molecular complexity index is 259. The fourth-order valence-corrected chi connectivity index (χ4v) is 6.78. The van der Waals surface area contributed by atoms with E-state index in [0.29, 0.717) is 0 Å². The Balaban J connectivity index is 1.95. The Morgan fingerprint density at radius 2 is 1.89 bits per heavy atom. The minimum Gasteiger partial charge on any atom is -0.316 e. The molecule has 106 valence electrons. The van der Waals surface area contributed by atoms with Crippen LogP contribution in [-0.2, 0) is 0 Å². The molecule has 1 nitrogen and oxygen atoms in total. The molecule has 1 saturated carbocycles. The SMILES string of the molecule is CNC(C1CCCC(C)C1)C1CSC(C)C(C)S1. The maximum atomic E-state index is 3.66. The van der Waals surface area contributed by atoms with E-state index in [0.717, 1.165) is 33.6 Å². The molecule has 0 amide bonds. The molecule has 0 spiro atoms. The van der Waals surface area contributed by atoms with Gasteiger partial charge in [0.15, 0.2) is 0 Å². The van der Waals surface area contributed by atoms with Crippen molar-refractivity contribution < 1.29 is 0 Å². The van der Waals surface area contributed by atoms with E-state index >= 15 is 0 Å². The molecule has 1 saturated heterocycles. The van der Waals surface area contributed by atoms with Crippen LogP contribution in [0.15, 0.2) is 0 Å². The molecular weight excluding hydrogens is 258 g/mol. The molecule has 0 radical (unpaired) electrons. The van der Waals surface area contributed by atoms with Gasteiger partial charge in [0.1, 0.15) is 0 Å². The Kier molecular flexibility index (Phi) is 5.77. The molecule has 1 N–H and O–H groups in total. The number of rotatable bonds is 3. The van der Waals surface area contributed by atoms with Crippen LogP contribution in [0.5, 0.6) is 0 Å². The number of thioether (sulfide) groups is 2. The zero-order valence-electron chi connectivity index (χ0n) is 12.3. The highest BCUT2D eigenvalue weighted by Crippen LogP contribution is 2.41. The van der Waals surface area contributed by atoms with Gasteiger partial charge < -0.3 is 5.32 Å². The zero-order valence-corrected chi connectivity index (χ0v) is 13.9. The Hall–Kier alpha value is 0.660. The predicted octanol–water partition coefficient (Wildman–Crippen LogP) is 4.03. The van der Waals surface area contributed by atoms with Crippen LogP contribution in [0.25, 0.3) is 0 Å². The molecule has 0 aromatic heterocycles. The molecule has 2 aliphatic rings. The van der Waals surface area contributed by atoms with Crippen LogP contribution >= 0.6 is 23.5 Å². The molecule has 3 heteroatoms. The molecule has 1 aliphatic heterocycles. The van der Waals surface area contributed by atoms with E-state index in [1.807, 2.05) is 0 Å². The molecule has 2 rings (SSSR count). The molecule has 0 bridgehead atoms. The van der Waals surface area contributed by atoms with E-state index in [1.54, 1.807) is 0 Å². The van der Waals surface area contributed by atoms with E-state index in [4.69, 9.17) is 0 Å². The normalized spacial score (nSPS) is 43.7. The highest BCUT2D eigenvalue weighted by atomic mass is 32.2. The average Bonchev–Trinajstić information content (AvgIpc) is 2.35. The smallest absolute Gasteiger partial charge is 0.0297 e. The van der Waals surface area contributed by atoms with Crippen LogP contribution in [0.3, 0.4) is 0 Å². The molecular formula is C15H29NS2. The highest BCUT2D eigenvalue weighted by molar-refractivity contribution is 8.07. The minimum absolute atomic E-state index is 0.736. The second-order valence-electron chi connectivity index (χ2n) is 6.26. The summed E-state index contributed by atoms with van der Waals surface area (Å²) in [6.45, 7) is 7.23. The molecule has 2 fully saturated rings. The lowest BCUT2D eigenvalue weighted by Crippen LogP contribution is -2.47. The third-order valence-electron chi connectivity index (χ3n) is 4.79. The van der Waals surface area contributed by atoms with Gasteiger partial charge in [-0.3, -0.25) is 0 Å². The summed E-state index contributed by atoms with van der Waals surface area (Å²) in [7, 11) is 2.18. The minimum atomic E-state index is 0.736. The van der Waals surface area contributed by atoms with Crippen molar-refractivity contribution in [2.75, 3.05) is 12.8 Å². The van der Waals surface area contributed by atoms with Gasteiger partial charge in [-0.2, -0.15) is 23.5 Å². The van der Waals surface area contributed by atoms with Crippen LogP contribution in [0.4, 0.5) is 0 Å². The molecule has 6 atom stereocenters. The van der Waals surface area contributed by atoms with Crippen molar-refractivity contribution in [1.29, 1.82) is 0 Å². The molecule has 1 aliphatic carbocycles. The number of nitrogens with one attached hydrogen (secondary N) is 1. The first-order chi connectivity index (χ1) is 8.61. The quantitative estimate of drug-likeness (QED) is 0.842. The predicted molar refractivity (Wildman–Crippen MR) is 86.7 cm³/mol. The highest BCUT2D eigenvalue weighted by Gasteiger charge is 2.35. The van der Waals surface area contributed by atoms with Crippen LogP contribution < -0.4 is 5.32 Å². The fourth-order valence-electron chi connectivity index (χ4n) is 3.53. The van der Waals surface area contributed by atoms with E-state index < -0.39 is 0 Å². The standard InChI is InChI=1S/C15H29NS2/c1-10-6-5-7-13(8-10)15(16-4)14-9-17-11(2)12(3)18-14/h10-16H,5-9H2,1-4H3. The zero-order chi connectivity index (χ0) is 13.1. The van der Waals surface area contributed by atoms with Crippen molar-refractivity contribution >= 4 is 23.5 Å². The second kappa shape index (κ2) is 6.90. The van der Waals surface area contributed by atoms with Gasteiger partial charge in [0.05, 0.1) is 0 Å². The van der Waals surface area contributed by atoms with Gasteiger partial charge >= 0.3 is 0 Å². The number of hydrogen-bond acceptors (Lipinski definition) is 3. The Morgan fingerprint density at radius 3 is 2.50 bits per heavy atom. The summed E-state index contributed by atoms with van der Waals surface area (Å²) in [5.41, 5.74) is 0. The molecule has 6 unspecified atom stereocenters. The lowest BCUT2D eigenvalue weighted by molar-refractivity contribution is 0.228. The molecule has 0 aromatic rings. The van der Waals surface area contributed by atoms with Crippen molar-refractivity contribution in [3.8, 4) is 0 Å². The summed E-state index contributed by atoms with van der Waals surface area (Å²) in [5, 5.41) is 6.12. The maximum Gasteiger partial charge on any atom is 0.0297 e. The lowest BCUT2D eigenvalue weighted by atomic mass is 9.78. The second-order valence-corrected chi connectivity index (χ2v) is 9.30. The van der Waals surface area contributed by atoms with Crippen LogP contribution in [0.1, 0.15) is 46.5 Å². The summed E-state index contributed by atoms with van der Waals surface area (Å²) in [6, 6.07) is 0.736. The largest absolute Gasteiger partial charge is 0.316 e. The topological polar surface area (TPSA) is 12.0 Å². The van der Waals surface area contributed by atoms with Gasteiger partial charge in [0, 0.05) is 27.5 Å².